The van der Waals surface area contributed by atoms with Crippen LogP contribution in [0.1, 0.15) is 13.8 Å². The van der Waals surface area contributed by atoms with Crippen LogP contribution in [-0.2, 0) is 4.74 Å². The van der Waals surface area contributed by atoms with E-state index in [4.69, 9.17) is 0 Å². The summed E-state index contributed by atoms with van der Waals surface area (Å²) in [5, 5.41) is 1.59. The molecule has 0 unspecified atom stereocenters. The highest BCUT2D eigenvalue weighted by Crippen LogP contribution is 2.12. The Morgan fingerprint density at radius 1 is 1.46 bits per heavy atom. The summed E-state index contributed by atoms with van der Waals surface area (Å²) in [5.74, 6) is 0.108. The fourth-order valence-corrected chi connectivity index (χ4v) is 0.466. The van der Waals surface area contributed by atoms with Gasteiger partial charge in [-0.05, 0) is 5.92 Å². The van der Waals surface area contributed by atoms with E-state index in [9.17, 15) is 18.0 Å². The van der Waals surface area contributed by atoms with E-state index in [1.165, 1.54) is 0 Å². The van der Waals surface area contributed by atoms with Crippen molar-refractivity contribution >= 4 is 6.09 Å². The Kier molecular flexibility index (Phi) is 4.58. The third kappa shape index (κ3) is 8.97. The molecule has 0 saturated heterocycles. The van der Waals surface area contributed by atoms with E-state index in [0.717, 1.165) is 0 Å². The second kappa shape index (κ2) is 4.94. The Bertz CT molecular complexity index is 168. The van der Waals surface area contributed by atoms with Gasteiger partial charge < -0.3 is 10.1 Å². The molecule has 0 heterocycles. The average molecular weight is 199 g/mol. The maximum absolute atomic E-state index is 11.5. The summed E-state index contributed by atoms with van der Waals surface area (Å²) in [5.41, 5.74) is 0. The largest absolute Gasteiger partial charge is 0.449 e. The second-order valence-electron chi connectivity index (χ2n) is 2.96. The molecule has 1 amide bonds. The van der Waals surface area contributed by atoms with Gasteiger partial charge in [0.05, 0.1) is 6.61 Å². The van der Waals surface area contributed by atoms with E-state index in [1.807, 2.05) is 0 Å². The van der Waals surface area contributed by atoms with Gasteiger partial charge in [0.1, 0.15) is 6.54 Å². The van der Waals surface area contributed by atoms with Crippen LogP contribution in [0.3, 0.4) is 0 Å². The van der Waals surface area contributed by atoms with Gasteiger partial charge in [-0.3, -0.25) is 0 Å². The van der Waals surface area contributed by atoms with Crippen LogP contribution in [0, 0.1) is 5.92 Å². The van der Waals surface area contributed by atoms with Crippen molar-refractivity contribution in [2.24, 2.45) is 5.92 Å². The zero-order valence-electron chi connectivity index (χ0n) is 7.44. The van der Waals surface area contributed by atoms with Crippen LogP contribution >= 0.6 is 0 Å². The summed E-state index contributed by atoms with van der Waals surface area (Å²) in [6.45, 7) is 2.34. The first-order valence-corrected chi connectivity index (χ1v) is 3.78. The Balaban J connectivity index is 3.53. The third-order valence-corrected chi connectivity index (χ3v) is 0.981. The zero-order chi connectivity index (χ0) is 10.5. The van der Waals surface area contributed by atoms with Crippen molar-refractivity contribution < 1.29 is 22.7 Å². The van der Waals surface area contributed by atoms with Gasteiger partial charge in [-0.1, -0.05) is 13.8 Å². The molecule has 0 atom stereocenters. The van der Waals surface area contributed by atoms with Crippen molar-refractivity contribution in [2.75, 3.05) is 13.2 Å². The average Bonchev–Trinajstić information content (AvgIpc) is 1.95. The number of halogens is 3. The molecule has 0 aliphatic heterocycles. The molecular formula is C7H12F3NO2. The summed E-state index contributed by atoms with van der Waals surface area (Å²) in [4.78, 5) is 10.6. The van der Waals surface area contributed by atoms with Crippen molar-refractivity contribution in [3.8, 4) is 0 Å². The highest BCUT2D eigenvalue weighted by atomic mass is 19.4. The molecule has 78 valence electrons. The maximum atomic E-state index is 11.5. The quantitative estimate of drug-likeness (QED) is 0.754. The number of alkyl carbamates (subject to hydrolysis) is 1. The molecule has 1 N–H and O–H groups in total. The number of hydrogen-bond donors (Lipinski definition) is 1. The van der Waals surface area contributed by atoms with E-state index in [0.29, 0.717) is 0 Å². The van der Waals surface area contributed by atoms with Crippen molar-refractivity contribution in [3.63, 3.8) is 0 Å². The third-order valence-electron chi connectivity index (χ3n) is 0.981. The lowest BCUT2D eigenvalue weighted by molar-refractivity contribution is -0.123. The van der Waals surface area contributed by atoms with E-state index < -0.39 is 18.8 Å². The number of alkyl halides is 3. The number of ether oxygens (including phenoxy) is 1. The number of hydrogen-bond acceptors (Lipinski definition) is 2. The first-order valence-electron chi connectivity index (χ1n) is 3.78. The van der Waals surface area contributed by atoms with E-state index in [2.05, 4.69) is 4.74 Å². The van der Waals surface area contributed by atoms with Gasteiger partial charge in [0.2, 0.25) is 0 Å². The van der Waals surface area contributed by atoms with Gasteiger partial charge in [-0.15, -0.1) is 0 Å². The summed E-state index contributed by atoms with van der Waals surface area (Å²) in [6.07, 6.45) is -5.43. The predicted octanol–water partition coefficient (Wildman–Crippen LogP) is 1.93. The van der Waals surface area contributed by atoms with E-state index in [1.54, 1.807) is 19.2 Å². The highest BCUT2D eigenvalue weighted by Gasteiger charge is 2.27. The molecule has 0 aromatic heterocycles. The summed E-state index contributed by atoms with van der Waals surface area (Å²) >= 11 is 0. The van der Waals surface area contributed by atoms with E-state index in [-0.39, 0.29) is 12.5 Å². The Morgan fingerprint density at radius 2 is 2.00 bits per heavy atom. The minimum Gasteiger partial charge on any atom is -0.449 e. The molecule has 0 bridgehead atoms. The Morgan fingerprint density at radius 3 is 2.38 bits per heavy atom. The number of nitrogens with one attached hydrogen (secondary N) is 1. The van der Waals surface area contributed by atoms with Crippen LogP contribution in [0.4, 0.5) is 18.0 Å². The van der Waals surface area contributed by atoms with Crippen LogP contribution in [0.2, 0.25) is 0 Å². The molecule has 13 heavy (non-hydrogen) atoms. The molecule has 6 heteroatoms. The van der Waals surface area contributed by atoms with Crippen molar-refractivity contribution in [3.05, 3.63) is 0 Å². The molecule has 0 saturated carbocycles. The smallest absolute Gasteiger partial charge is 0.407 e. The molecule has 0 aromatic carbocycles. The molecule has 0 aliphatic carbocycles. The lowest BCUT2D eigenvalue weighted by Gasteiger charge is -2.10. The molecule has 0 rings (SSSR count). The molecule has 3 nitrogen and oxygen atoms in total. The van der Waals surface area contributed by atoms with Gasteiger partial charge in [-0.25, -0.2) is 4.79 Å². The fourth-order valence-electron chi connectivity index (χ4n) is 0.466. The molecule has 0 spiro atoms. The van der Waals surface area contributed by atoms with Crippen molar-refractivity contribution in [2.45, 2.75) is 20.0 Å². The van der Waals surface area contributed by atoms with Crippen LogP contribution in [0.5, 0.6) is 0 Å². The van der Waals surface area contributed by atoms with Gasteiger partial charge >= 0.3 is 12.3 Å². The summed E-state index contributed by atoms with van der Waals surface area (Å²) < 4.78 is 39.1. The first-order chi connectivity index (χ1) is 5.81. The van der Waals surface area contributed by atoms with Crippen LogP contribution in [-0.4, -0.2) is 25.4 Å². The van der Waals surface area contributed by atoms with Gasteiger partial charge in [0.15, 0.2) is 0 Å². The number of carbonyl (C=O) groups excluding carboxylic acids is 1. The summed E-state index contributed by atoms with van der Waals surface area (Å²) in [6, 6.07) is 0. The van der Waals surface area contributed by atoms with Gasteiger partial charge in [0.25, 0.3) is 0 Å². The lowest BCUT2D eigenvalue weighted by Crippen LogP contribution is -2.34. The molecular weight excluding hydrogens is 187 g/mol. The van der Waals surface area contributed by atoms with Crippen molar-refractivity contribution in [1.29, 1.82) is 0 Å². The molecule has 0 aromatic rings. The van der Waals surface area contributed by atoms with Gasteiger partial charge in [0, 0.05) is 0 Å². The number of rotatable bonds is 3. The van der Waals surface area contributed by atoms with Crippen LogP contribution in [0.25, 0.3) is 0 Å². The number of amides is 1. The predicted molar refractivity (Wildman–Crippen MR) is 40.2 cm³/mol. The monoisotopic (exact) mass is 199 g/mol. The SMILES string of the molecule is CC(C)COC(=O)NCC(F)(F)F. The van der Waals surface area contributed by atoms with Crippen LogP contribution < -0.4 is 5.32 Å². The normalized spacial score (nSPS) is 11.5. The topological polar surface area (TPSA) is 38.3 Å². The molecule has 0 radical (unpaired) electrons. The van der Waals surface area contributed by atoms with Crippen LogP contribution in [0.15, 0.2) is 0 Å². The van der Waals surface area contributed by atoms with Crippen molar-refractivity contribution in [1.82, 2.24) is 5.32 Å². The van der Waals surface area contributed by atoms with Gasteiger partial charge in [-0.2, -0.15) is 13.2 Å². The first kappa shape index (κ1) is 12.1. The molecule has 0 aliphatic rings. The molecule has 0 fully saturated rings. The Labute approximate surface area is 74.3 Å². The minimum absolute atomic E-state index is 0.108. The fraction of sp³-hybridized carbons (Fsp3) is 0.857. The second-order valence-corrected chi connectivity index (χ2v) is 2.96. The summed E-state index contributed by atoms with van der Waals surface area (Å²) in [7, 11) is 0. The Hall–Kier alpha value is -0.940. The number of carbonyl (C=O) groups is 1. The maximum Gasteiger partial charge on any atom is 0.407 e. The lowest BCUT2D eigenvalue weighted by atomic mass is 10.2. The standard InChI is InChI=1S/C7H12F3NO2/c1-5(2)3-13-6(12)11-4-7(8,9)10/h5H,3-4H2,1-2H3,(H,11,12). The zero-order valence-corrected chi connectivity index (χ0v) is 7.44. The minimum atomic E-state index is -4.39. The highest BCUT2D eigenvalue weighted by molar-refractivity contribution is 5.67. The van der Waals surface area contributed by atoms with E-state index >= 15 is 0 Å².